The van der Waals surface area contributed by atoms with Crippen LogP contribution in [0.2, 0.25) is 0 Å². The molecule has 0 aromatic heterocycles. The van der Waals surface area contributed by atoms with E-state index in [0.29, 0.717) is 6.42 Å². The van der Waals surface area contributed by atoms with Crippen molar-refractivity contribution < 1.29 is 19.4 Å². The van der Waals surface area contributed by atoms with Crippen LogP contribution in [0.25, 0.3) is 0 Å². The minimum Gasteiger partial charge on any atom is -0.480 e. The highest BCUT2D eigenvalue weighted by molar-refractivity contribution is 5.85. The molecule has 5 heteroatoms. The Morgan fingerprint density at radius 3 is 2.47 bits per heavy atom. The zero-order chi connectivity index (χ0) is 11.4. The molecule has 1 atom stereocenters. The zero-order valence-electron chi connectivity index (χ0n) is 9.10. The van der Waals surface area contributed by atoms with Crippen molar-refractivity contribution in [3.63, 3.8) is 0 Å². The number of carbonyl (C=O) groups is 2. The third-order valence-corrected chi connectivity index (χ3v) is 2.51. The van der Waals surface area contributed by atoms with E-state index in [9.17, 15) is 9.59 Å². The average molecular weight is 215 g/mol. The predicted octanol–water partition coefficient (Wildman–Crippen LogP) is 0.487. The average Bonchev–Trinajstić information content (AvgIpc) is 2.99. The van der Waals surface area contributed by atoms with Crippen LogP contribution in [0, 0.1) is 0 Å². The third-order valence-electron chi connectivity index (χ3n) is 2.51. The van der Waals surface area contributed by atoms with Crippen LogP contribution in [0.1, 0.15) is 26.2 Å². The SMILES string of the molecule is CCC(OC)C(=O)N(CC(=O)O)C1CC1. The molecule has 0 spiro atoms. The van der Waals surface area contributed by atoms with Crippen molar-refractivity contribution in [3.05, 3.63) is 0 Å². The van der Waals surface area contributed by atoms with E-state index in [-0.39, 0.29) is 18.5 Å². The van der Waals surface area contributed by atoms with Crippen LogP contribution >= 0.6 is 0 Å². The molecule has 0 aromatic carbocycles. The number of methoxy groups -OCH3 is 1. The van der Waals surface area contributed by atoms with Crippen molar-refractivity contribution in [1.82, 2.24) is 4.90 Å². The molecule has 86 valence electrons. The smallest absolute Gasteiger partial charge is 0.323 e. The minimum atomic E-state index is -0.971. The highest BCUT2D eigenvalue weighted by atomic mass is 16.5. The van der Waals surface area contributed by atoms with Crippen LogP contribution in [0.3, 0.4) is 0 Å². The van der Waals surface area contributed by atoms with Crippen LogP contribution in [0.4, 0.5) is 0 Å². The van der Waals surface area contributed by atoms with Crippen molar-refractivity contribution >= 4 is 11.9 Å². The molecule has 1 amide bonds. The Labute approximate surface area is 89.0 Å². The van der Waals surface area contributed by atoms with Gasteiger partial charge in [-0.3, -0.25) is 9.59 Å². The second kappa shape index (κ2) is 5.11. The summed E-state index contributed by atoms with van der Waals surface area (Å²) in [5.41, 5.74) is 0. The zero-order valence-corrected chi connectivity index (χ0v) is 9.10. The molecular formula is C10H17NO4. The first kappa shape index (κ1) is 12.0. The van der Waals surface area contributed by atoms with Gasteiger partial charge in [-0.2, -0.15) is 0 Å². The Morgan fingerprint density at radius 1 is 1.53 bits per heavy atom. The van der Waals surface area contributed by atoms with E-state index in [4.69, 9.17) is 9.84 Å². The first-order valence-corrected chi connectivity index (χ1v) is 5.15. The third kappa shape index (κ3) is 3.20. The molecule has 1 fully saturated rings. The van der Waals surface area contributed by atoms with Gasteiger partial charge >= 0.3 is 5.97 Å². The molecule has 1 rings (SSSR count). The Hall–Kier alpha value is -1.10. The highest BCUT2D eigenvalue weighted by Gasteiger charge is 2.36. The van der Waals surface area contributed by atoms with Crippen molar-refractivity contribution in [3.8, 4) is 0 Å². The summed E-state index contributed by atoms with van der Waals surface area (Å²) in [5, 5.41) is 8.70. The van der Waals surface area contributed by atoms with Crippen LogP contribution < -0.4 is 0 Å². The van der Waals surface area contributed by atoms with Gasteiger partial charge in [0.05, 0.1) is 0 Å². The van der Waals surface area contributed by atoms with Gasteiger partial charge in [0.2, 0.25) is 0 Å². The van der Waals surface area contributed by atoms with Crippen LogP contribution in [-0.4, -0.2) is 47.7 Å². The normalized spacial score (nSPS) is 17.2. The lowest BCUT2D eigenvalue weighted by atomic mass is 10.2. The Balaban J connectivity index is 2.61. The molecule has 1 unspecified atom stereocenters. The van der Waals surface area contributed by atoms with E-state index in [1.54, 1.807) is 0 Å². The predicted molar refractivity (Wildman–Crippen MR) is 53.5 cm³/mol. The minimum absolute atomic E-state index is 0.109. The van der Waals surface area contributed by atoms with E-state index >= 15 is 0 Å². The van der Waals surface area contributed by atoms with Crippen LogP contribution in [0.5, 0.6) is 0 Å². The Kier molecular flexibility index (Phi) is 4.08. The molecule has 1 aliphatic carbocycles. The summed E-state index contributed by atoms with van der Waals surface area (Å²) in [4.78, 5) is 23.9. The number of carboxylic acid groups (broad SMARTS) is 1. The molecule has 0 bridgehead atoms. The van der Waals surface area contributed by atoms with Gasteiger partial charge in [0.15, 0.2) is 0 Å². The Morgan fingerprint density at radius 2 is 2.13 bits per heavy atom. The maximum Gasteiger partial charge on any atom is 0.323 e. The molecular weight excluding hydrogens is 198 g/mol. The lowest BCUT2D eigenvalue weighted by Gasteiger charge is -2.24. The lowest BCUT2D eigenvalue weighted by Crippen LogP contribution is -2.43. The maximum atomic E-state index is 11.9. The van der Waals surface area contributed by atoms with Crippen molar-refractivity contribution in [2.45, 2.75) is 38.3 Å². The number of carbonyl (C=O) groups excluding carboxylic acids is 1. The van der Waals surface area contributed by atoms with Crippen LogP contribution in [0.15, 0.2) is 0 Å². The van der Waals surface area contributed by atoms with Crippen molar-refractivity contribution in [1.29, 1.82) is 0 Å². The largest absolute Gasteiger partial charge is 0.480 e. The summed E-state index contributed by atoms with van der Waals surface area (Å²) in [6.45, 7) is 1.63. The van der Waals surface area contributed by atoms with Gasteiger partial charge in [-0.25, -0.2) is 0 Å². The summed E-state index contributed by atoms with van der Waals surface area (Å²) >= 11 is 0. The quantitative estimate of drug-likeness (QED) is 0.700. The standard InChI is InChI=1S/C10H17NO4/c1-3-8(15-2)10(14)11(6-9(12)13)7-4-5-7/h7-8H,3-6H2,1-2H3,(H,12,13). The number of nitrogens with zero attached hydrogens (tertiary/aromatic N) is 1. The van der Waals surface area contributed by atoms with Gasteiger partial charge in [0.25, 0.3) is 5.91 Å². The molecule has 0 aromatic rings. The van der Waals surface area contributed by atoms with Crippen LogP contribution in [-0.2, 0) is 14.3 Å². The molecule has 1 saturated carbocycles. The number of carboxylic acids is 1. The number of ether oxygens (including phenoxy) is 1. The monoisotopic (exact) mass is 215 g/mol. The summed E-state index contributed by atoms with van der Waals surface area (Å²) in [7, 11) is 1.47. The Bertz CT molecular complexity index is 246. The number of hydrogen-bond acceptors (Lipinski definition) is 3. The first-order valence-electron chi connectivity index (χ1n) is 5.15. The van der Waals surface area contributed by atoms with E-state index < -0.39 is 12.1 Å². The number of amides is 1. The fraction of sp³-hybridized carbons (Fsp3) is 0.800. The topological polar surface area (TPSA) is 66.8 Å². The number of rotatable bonds is 6. The van der Waals surface area contributed by atoms with Crippen molar-refractivity contribution in [2.24, 2.45) is 0 Å². The van der Waals surface area contributed by atoms with Gasteiger partial charge in [-0.1, -0.05) is 6.92 Å². The van der Waals surface area contributed by atoms with E-state index in [0.717, 1.165) is 12.8 Å². The molecule has 5 nitrogen and oxygen atoms in total. The molecule has 1 aliphatic rings. The molecule has 0 radical (unpaired) electrons. The van der Waals surface area contributed by atoms with Gasteiger partial charge in [-0.05, 0) is 19.3 Å². The van der Waals surface area contributed by atoms with Gasteiger partial charge < -0.3 is 14.7 Å². The molecule has 1 N–H and O–H groups in total. The maximum absolute atomic E-state index is 11.9. The van der Waals surface area contributed by atoms with E-state index in [2.05, 4.69) is 0 Å². The first-order chi connectivity index (χ1) is 7.10. The lowest BCUT2D eigenvalue weighted by molar-refractivity contribution is -0.150. The van der Waals surface area contributed by atoms with E-state index in [1.165, 1.54) is 12.0 Å². The highest BCUT2D eigenvalue weighted by Crippen LogP contribution is 2.27. The summed E-state index contributed by atoms with van der Waals surface area (Å²) in [5.74, 6) is -1.17. The second-order valence-corrected chi connectivity index (χ2v) is 3.72. The summed E-state index contributed by atoms with van der Waals surface area (Å²) in [6.07, 6.45) is 1.86. The number of hydrogen-bond donors (Lipinski definition) is 1. The van der Waals surface area contributed by atoms with Gasteiger partial charge in [0.1, 0.15) is 12.6 Å². The van der Waals surface area contributed by atoms with E-state index in [1.807, 2.05) is 6.92 Å². The molecule has 0 aliphatic heterocycles. The fourth-order valence-electron chi connectivity index (χ4n) is 1.55. The fourth-order valence-corrected chi connectivity index (χ4v) is 1.55. The molecule has 0 saturated heterocycles. The summed E-state index contributed by atoms with van der Waals surface area (Å²) < 4.78 is 5.02. The number of aliphatic carboxylic acids is 1. The molecule has 15 heavy (non-hydrogen) atoms. The molecule has 0 heterocycles. The van der Waals surface area contributed by atoms with Crippen molar-refractivity contribution in [2.75, 3.05) is 13.7 Å². The van der Waals surface area contributed by atoms with Gasteiger partial charge in [0, 0.05) is 13.2 Å². The summed E-state index contributed by atoms with van der Waals surface area (Å²) in [6, 6.07) is 0.109. The van der Waals surface area contributed by atoms with Gasteiger partial charge in [-0.15, -0.1) is 0 Å². The second-order valence-electron chi connectivity index (χ2n) is 3.72.